The molecule has 9 nitrogen and oxygen atoms in total. The first-order chi connectivity index (χ1) is 16.3. The van der Waals surface area contributed by atoms with Crippen LogP contribution in [0.1, 0.15) is 11.1 Å². The Bertz CT molecular complexity index is 1340. The van der Waals surface area contributed by atoms with Crippen LogP contribution >= 0.6 is 0 Å². The Morgan fingerprint density at radius 1 is 1.17 bits per heavy atom. The molecule has 0 atom stereocenters. The number of anilines is 1. The van der Waals surface area contributed by atoms with Gasteiger partial charge in [0.1, 0.15) is 5.82 Å². The molecule has 0 aliphatic rings. The fourth-order valence-corrected chi connectivity index (χ4v) is 2.45. The van der Waals surface area contributed by atoms with Crippen LogP contribution in [-0.4, -0.2) is 57.1 Å². The van der Waals surface area contributed by atoms with Crippen LogP contribution in [-0.2, 0) is 11.3 Å². The van der Waals surface area contributed by atoms with E-state index < -0.39 is 23.9 Å². The summed E-state index contributed by atoms with van der Waals surface area (Å²) in [6.07, 6.45) is -3.80. The zero-order chi connectivity index (χ0) is 26.3. The average Bonchev–Trinajstić information content (AvgIpc) is 3.10. The molecule has 3 aromatic heterocycles. The second kappa shape index (κ2) is 11.3. The number of fused-ring (bicyclic) bond motifs is 1. The van der Waals surface area contributed by atoms with E-state index in [1.54, 1.807) is 18.3 Å². The van der Waals surface area contributed by atoms with E-state index in [4.69, 9.17) is 15.6 Å². The Kier molecular flexibility index (Phi) is 8.68. The predicted molar refractivity (Wildman–Crippen MR) is 116 cm³/mol. The van der Waals surface area contributed by atoms with Gasteiger partial charge in [0, 0.05) is 49.7 Å². The number of nitrogens with two attached hydrogens (primary N) is 1. The van der Waals surface area contributed by atoms with Crippen LogP contribution < -0.4 is 16.3 Å². The fourth-order valence-electron chi connectivity index (χ4n) is 2.45. The molecule has 0 unspecified atom stereocenters. The number of aromatic nitrogens is 4. The highest BCUT2D eigenvalue weighted by Gasteiger charge is 2.38. The summed E-state index contributed by atoms with van der Waals surface area (Å²) >= 11 is 0. The number of aliphatic carboxylic acids is 1. The number of carboxylic acid groups (broad SMARTS) is 1. The molecule has 0 amide bonds. The molecule has 0 radical (unpaired) electrons. The van der Waals surface area contributed by atoms with Gasteiger partial charge in [-0.1, -0.05) is 11.8 Å². The van der Waals surface area contributed by atoms with Crippen molar-refractivity contribution in [1.29, 1.82) is 0 Å². The van der Waals surface area contributed by atoms with Gasteiger partial charge in [0.25, 0.3) is 6.08 Å². The molecule has 14 heteroatoms. The summed E-state index contributed by atoms with van der Waals surface area (Å²) in [5.74, 6) is 4.05. The minimum atomic E-state index is -5.08. The van der Waals surface area contributed by atoms with Crippen molar-refractivity contribution >= 4 is 17.4 Å². The van der Waals surface area contributed by atoms with Crippen LogP contribution in [0.15, 0.2) is 53.1 Å². The van der Waals surface area contributed by atoms with Gasteiger partial charge in [-0.3, -0.25) is 4.40 Å². The van der Waals surface area contributed by atoms with Crippen molar-refractivity contribution in [2.24, 2.45) is 5.73 Å². The first kappa shape index (κ1) is 27.0. The molecule has 3 aromatic rings. The quantitative estimate of drug-likeness (QED) is 0.418. The maximum absolute atomic E-state index is 12.8. The second-order valence-corrected chi connectivity index (χ2v) is 7.00. The van der Waals surface area contributed by atoms with E-state index in [0.717, 1.165) is 16.1 Å². The van der Waals surface area contributed by atoms with Crippen LogP contribution in [0.3, 0.4) is 0 Å². The summed E-state index contributed by atoms with van der Waals surface area (Å²) in [6, 6.07) is 6.99. The van der Waals surface area contributed by atoms with Gasteiger partial charge in [-0.25, -0.2) is 19.3 Å². The molecule has 0 fully saturated rings. The molecule has 0 saturated carbocycles. The topological polar surface area (TPSA) is 119 Å². The molecule has 0 saturated heterocycles. The first-order valence-electron chi connectivity index (χ1n) is 9.61. The molecule has 0 aromatic carbocycles. The molecule has 0 aliphatic heterocycles. The number of hydrogen-bond donors (Lipinski definition) is 2. The molecule has 35 heavy (non-hydrogen) atoms. The lowest BCUT2D eigenvalue weighted by Crippen LogP contribution is -2.24. The number of halogens is 5. The Hall–Kier alpha value is -4.25. The van der Waals surface area contributed by atoms with Crippen LogP contribution in [0.2, 0.25) is 0 Å². The van der Waals surface area contributed by atoms with Crippen molar-refractivity contribution in [2.45, 2.75) is 12.7 Å². The minimum absolute atomic E-state index is 0.313. The van der Waals surface area contributed by atoms with Gasteiger partial charge in [-0.05, 0) is 24.3 Å². The second-order valence-electron chi connectivity index (χ2n) is 7.00. The number of hydrogen-bond acceptors (Lipinski definition) is 6. The largest absolute Gasteiger partial charge is 0.490 e. The first-order valence-corrected chi connectivity index (χ1v) is 9.61. The third kappa shape index (κ3) is 7.37. The van der Waals surface area contributed by atoms with Gasteiger partial charge >= 0.3 is 17.8 Å². The van der Waals surface area contributed by atoms with Crippen LogP contribution in [0.5, 0.6) is 0 Å². The van der Waals surface area contributed by atoms with Crippen LogP contribution in [0.4, 0.5) is 27.8 Å². The molecular weight excluding hydrogens is 479 g/mol. The van der Waals surface area contributed by atoms with Gasteiger partial charge in [0.15, 0.2) is 5.65 Å². The highest BCUT2D eigenvalue weighted by Crippen LogP contribution is 2.13. The highest BCUT2D eigenvalue weighted by atomic mass is 19.4. The van der Waals surface area contributed by atoms with Crippen molar-refractivity contribution < 1.29 is 31.9 Å². The fraction of sp³-hybridized carbons (Fsp3) is 0.238. The third-order valence-electron chi connectivity index (χ3n) is 4.24. The number of pyridine rings is 2. The number of alkyl halides is 3. The van der Waals surface area contributed by atoms with Gasteiger partial charge in [-0.15, -0.1) is 5.10 Å². The van der Waals surface area contributed by atoms with Crippen molar-refractivity contribution in [3.63, 3.8) is 0 Å². The van der Waals surface area contributed by atoms with E-state index in [1.807, 2.05) is 31.1 Å². The Morgan fingerprint density at radius 3 is 2.29 bits per heavy atom. The van der Waals surface area contributed by atoms with E-state index >= 15 is 0 Å². The molecule has 0 aliphatic carbocycles. The van der Waals surface area contributed by atoms with E-state index in [-0.39, 0.29) is 18.7 Å². The maximum Gasteiger partial charge on any atom is 0.490 e. The smallest absolute Gasteiger partial charge is 0.475 e. The van der Waals surface area contributed by atoms with Gasteiger partial charge < -0.3 is 15.7 Å². The summed E-state index contributed by atoms with van der Waals surface area (Å²) in [7, 11) is 3.80. The number of rotatable bonds is 4. The Balaban J connectivity index is 0.000000540. The molecular formula is C21H19F5N6O3. The third-order valence-corrected chi connectivity index (χ3v) is 4.24. The van der Waals surface area contributed by atoms with Crippen molar-refractivity contribution in [2.75, 3.05) is 25.5 Å². The molecule has 186 valence electrons. The van der Waals surface area contributed by atoms with Crippen molar-refractivity contribution in [3.8, 4) is 11.8 Å². The van der Waals surface area contributed by atoms with Crippen molar-refractivity contribution in [1.82, 2.24) is 19.2 Å². The Labute approximate surface area is 194 Å². The van der Waals surface area contributed by atoms with Crippen molar-refractivity contribution in [3.05, 3.63) is 69.9 Å². The summed E-state index contributed by atoms with van der Waals surface area (Å²) in [5.41, 5.74) is 6.13. The van der Waals surface area contributed by atoms with E-state index in [9.17, 15) is 26.7 Å². The molecule has 3 heterocycles. The molecule has 3 N–H and O–H groups in total. The molecule has 0 spiro atoms. The van der Waals surface area contributed by atoms with E-state index in [2.05, 4.69) is 21.9 Å². The summed E-state index contributed by atoms with van der Waals surface area (Å²) < 4.78 is 59.5. The van der Waals surface area contributed by atoms with Gasteiger partial charge in [0.2, 0.25) is 0 Å². The number of carboxylic acids is 1. The number of carbonyl (C=O) groups is 1. The highest BCUT2D eigenvalue weighted by molar-refractivity contribution is 5.73. The van der Waals surface area contributed by atoms with Crippen LogP contribution in [0, 0.1) is 11.8 Å². The molecule has 0 bridgehead atoms. The SMILES string of the molecule is CN(C)c1ccc(C#Cc2ccn3c(=O)n(CC(CN)=C(F)F)nc3c2)cn1.O=C(O)C(F)(F)F. The van der Waals surface area contributed by atoms with Crippen LogP contribution in [0.25, 0.3) is 5.65 Å². The predicted octanol–water partition coefficient (Wildman–Crippen LogP) is 2.10. The standard InChI is InChI=1S/C19H18F2N6O.C2HF3O2/c1-25(2)16-6-5-14(11-23-16)4-3-13-7-8-26-17(9-13)24-27(19(26)28)12-15(10-22)18(20)21;3-2(4,5)1(6)7/h5-9,11H,10,12,22H2,1-2H3;(H,6,7). The Morgan fingerprint density at radius 2 is 1.80 bits per heavy atom. The summed E-state index contributed by atoms with van der Waals surface area (Å²) in [5, 5.41) is 11.2. The maximum atomic E-state index is 12.8. The van der Waals surface area contributed by atoms with E-state index in [1.165, 1.54) is 10.6 Å². The van der Waals surface area contributed by atoms with E-state index in [0.29, 0.717) is 11.2 Å². The number of nitrogens with zero attached hydrogens (tertiary/aromatic N) is 5. The minimum Gasteiger partial charge on any atom is -0.475 e. The zero-order valence-electron chi connectivity index (χ0n) is 18.3. The lowest BCUT2D eigenvalue weighted by molar-refractivity contribution is -0.192. The van der Waals surface area contributed by atoms with Gasteiger partial charge in [-0.2, -0.15) is 22.0 Å². The lowest BCUT2D eigenvalue weighted by atomic mass is 10.2. The normalized spacial score (nSPS) is 10.6. The molecule has 3 rings (SSSR count). The van der Waals surface area contributed by atoms with Gasteiger partial charge in [0.05, 0.1) is 6.54 Å². The zero-order valence-corrected chi connectivity index (χ0v) is 18.3. The monoisotopic (exact) mass is 498 g/mol. The average molecular weight is 498 g/mol. The summed E-state index contributed by atoms with van der Waals surface area (Å²) in [6.45, 7) is -0.704. The summed E-state index contributed by atoms with van der Waals surface area (Å²) in [4.78, 5) is 27.4. The lowest BCUT2D eigenvalue weighted by Gasteiger charge is -2.09.